The lowest BCUT2D eigenvalue weighted by molar-refractivity contribution is -0.167. The zero-order chi connectivity index (χ0) is 41.5. The van der Waals surface area contributed by atoms with Gasteiger partial charge in [0.15, 0.2) is 6.10 Å². The molecule has 0 aromatic carbocycles. The van der Waals surface area contributed by atoms with Crippen LogP contribution < -0.4 is 0 Å². The molecule has 0 aliphatic heterocycles. The van der Waals surface area contributed by atoms with Gasteiger partial charge in [-0.2, -0.15) is 0 Å². The Morgan fingerprint density at radius 1 is 0.368 bits per heavy atom. The topological polar surface area (TPSA) is 78.9 Å². The van der Waals surface area contributed by atoms with Crippen molar-refractivity contribution in [3.63, 3.8) is 0 Å². The highest BCUT2D eigenvalue weighted by atomic mass is 16.6. The molecule has 1 atom stereocenters. The zero-order valence-electron chi connectivity index (χ0n) is 37.3. The Labute approximate surface area is 351 Å². The van der Waals surface area contributed by atoms with Gasteiger partial charge >= 0.3 is 17.9 Å². The van der Waals surface area contributed by atoms with Gasteiger partial charge in [-0.15, -0.1) is 0 Å². The highest BCUT2D eigenvalue weighted by molar-refractivity contribution is 5.71. The van der Waals surface area contributed by atoms with Crippen LogP contribution in [0.1, 0.15) is 226 Å². The second-order valence-corrected chi connectivity index (χ2v) is 15.6. The van der Waals surface area contributed by atoms with Crippen LogP contribution in [-0.4, -0.2) is 37.2 Å². The van der Waals surface area contributed by atoms with E-state index in [1.165, 1.54) is 64.2 Å². The zero-order valence-corrected chi connectivity index (χ0v) is 37.3. The molecule has 0 heterocycles. The summed E-state index contributed by atoms with van der Waals surface area (Å²) in [5.74, 6) is -0.918. The highest BCUT2D eigenvalue weighted by Gasteiger charge is 2.19. The number of carbonyl (C=O) groups excluding carboxylic acids is 3. The lowest BCUT2D eigenvalue weighted by atomic mass is 10.1. The molecule has 0 saturated heterocycles. The highest BCUT2D eigenvalue weighted by Crippen LogP contribution is 2.14. The number of hydrogen-bond acceptors (Lipinski definition) is 6. The van der Waals surface area contributed by atoms with Crippen LogP contribution in [0.2, 0.25) is 0 Å². The summed E-state index contributed by atoms with van der Waals surface area (Å²) in [6.45, 7) is 6.44. The summed E-state index contributed by atoms with van der Waals surface area (Å²) in [7, 11) is 0. The fourth-order valence-electron chi connectivity index (χ4n) is 6.41. The number of allylic oxidation sites excluding steroid dienone is 10. The Bertz CT molecular complexity index is 1050. The van der Waals surface area contributed by atoms with E-state index in [0.717, 1.165) is 122 Å². The number of rotatable bonds is 42. The summed E-state index contributed by atoms with van der Waals surface area (Å²) >= 11 is 0. The number of esters is 3. The number of carbonyl (C=O) groups is 3. The van der Waals surface area contributed by atoms with Gasteiger partial charge in [-0.3, -0.25) is 14.4 Å². The van der Waals surface area contributed by atoms with Crippen molar-refractivity contribution in [2.24, 2.45) is 0 Å². The van der Waals surface area contributed by atoms with Crippen LogP contribution in [0.25, 0.3) is 0 Å². The summed E-state index contributed by atoms with van der Waals surface area (Å²) in [6.07, 6.45) is 54.8. The number of unbranched alkanes of at least 4 members (excludes halogenated alkanes) is 21. The molecule has 0 N–H and O–H groups in total. The lowest BCUT2D eigenvalue weighted by Gasteiger charge is -2.18. The standard InChI is InChI=1S/C51H88O6/c1-4-7-10-13-16-19-22-24-26-28-29-32-35-38-41-44-50(53)56-47-48(46-55-49(52)43-40-37-34-31-21-18-15-12-9-6-3)57-51(54)45-42-39-36-33-30-27-25-23-20-17-14-11-8-5-2/h7,10,14,16-17,19,23-26,48H,4-6,8-9,11-13,15,18,20-22,27-47H2,1-3H3/b10-7-,17-14-,19-16-,25-23-,26-24-. The van der Waals surface area contributed by atoms with Gasteiger partial charge in [0.1, 0.15) is 13.2 Å². The minimum absolute atomic E-state index is 0.0846. The first-order valence-corrected chi connectivity index (χ1v) is 23.8. The van der Waals surface area contributed by atoms with E-state index in [9.17, 15) is 14.4 Å². The Hall–Kier alpha value is -2.89. The van der Waals surface area contributed by atoms with Crippen molar-refractivity contribution >= 4 is 17.9 Å². The minimum Gasteiger partial charge on any atom is -0.462 e. The molecular formula is C51H88O6. The van der Waals surface area contributed by atoms with E-state index in [1.807, 2.05) is 0 Å². The van der Waals surface area contributed by atoms with Gasteiger partial charge in [0.05, 0.1) is 0 Å². The van der Waals surface area contributed by atoms with Gasteiger partial charge in [0, 0.05) is 19.3 Å². The normalized spacial score (nSPS) is 12.5. The average molecular weight is 797 g/mol. The van der Waals surface area contributed by atoms with Crippen molar-refractivity contribution in [3.8, 4) is 0 Å². The van der Waals surface area contributed by atoms with Crippen molar-refractivity contribution in [2.45, 2.75) is 232 Å². The molecule has 0 spiro atoms. The molecule has 0 bridgehead atoms. The Morgan fingerprint density at radius 2 is 0.702 bits per heavy atom. The maximum atomic E-state index is 12.7. The molecule has 0 aliphatic rings. The number of ether oxygens (including phenoxy) is 3. The summed E-state index contributed by atoms with van der Waals surface area (Å²) in [5.41, 5.74) is 0. The van der Waals surface area contributed by atoms with Crippen LogP contribution in [0.5, 0.6) is 0 Å². The monoisotopic (exact) mass is 797 g/mol. The first-order valence-electron chi connectivity index (χ1n) is 23.8. The summed E-state index contributed by atoms with van der Waals surface area (Å²) in [6, 6.07) is 0. The third kappa shape index (κ3) is 44.1. The molecule has 0 aliphatic carbocycles. The van der Waals surface area contributed by atoms with Gasteiger partial charge < -0.3 is 14.2 Å². The molecule has 0 aromatic rings. The fraction of sp³-hybridized carbons (Fsp3) is 0.745. The van der Waals surface area contributed by atoms with E-state index in [1.54, 1.807) is 0 Å². The summed E-state index contributed by atoms with van der Waals surface area (Å²) < 4.78 is 16.7. The molecule has 0 aromatic heterocycles. The molecule has 57 heavy (non-hydrogen) atoms. The minimum atomic E-state index is -0.784. The maximum absolute atomic E-state index is 12.7. The lowest BCUT2D eigenvalue weighted by Crippen LogP contribution is -2.30. The fourth-order valence-corrected chi connectivity index (χ4v) is 6.41. The van der Waals surface area contributed by atoms with Gasteiger partial charge in [-0.05, 0) is 77.0 Å². The molecule has 0 amide bonds. The second kappa shape index (κ2) is 45.8. The Morgan fingerprint density at radius 3 is 1.12 bits per heavy atom. The van der Waals surface area contributed by atoms with Crippen LogP contribution in [0, 0.1) is 0 Å². The van der Waals surface area contributed by atoms with Gasteiger partial charge in [0.2, 0.25) is 0 Å². The largest absolute Gasteiger partial charge is 0.462 e. The van der Waals surface area contributed by atoms with E-state index in [4.69, 9.17) is 14.2 Å². The van der Waals surface area contributed by atoms with Crippen LogP contribution in [-0.2, 0) is 28.6 Å². The van der Waals surface area contributed by atoms with E-state index >= 15 is 0 Å². The summed E-state index contributed by atoms with van der Waals surface area (Å²) in [5, 5.41) is 0. The van der Waals surface area contributed by atoms with Crippen molar-refractivity contribution < 1.29 is 28.6 Å². The first-order chi connectivity index (χ1) is 28.0. The van der Waals surface area contributed by atoms with Crippen LogP contribution in [0.15, 0.2) is 60.8 Å². The van der Waals surface area contributed by atoms with Gasteiger partial charge in [-0.1, -0.05) is 191 Å². The Kier molecular flexibility index (Phi) is 43.5. The number of hydrogen-bond donors (Lipinski definition) is 0. The smallest absolute Gasteiger partial charge is 0.306 e. The maximum Gasteiger partial charge on any atom is 0.306 e. The van der Waals surface area contributed by atoms with Crippen molar-refractivity contribution in [3.05, 3.63) is 60.8 Å². The van der Waals surface area contributed by atoms with Crippen LogP contribution >= 0.6 is 0 Å². The van der Waals surface area contributed by atoms with Crippen molar-refractivity contribution in [1.29, 1.82) is 0 Å². The second-order valence-electron chi connectivity index (χ2n) is 15.6. The predicted molar refractivity (Wildman–Crippen MR) is 242 cm³/mol. The van der Waals surface area contributed by atoms with Gasteiger partial charge in [-0.25, -0.2) is 0 Å². The van der Waals surface area contributed by atoms with E-state index in [2.05, 4.69) is 81.5 Å². The molecule has 1 unspecified atom stereocenters. The molecular weight excluding hydrogens is 709 g/mol. The van der Waals surface area contributed by atoms with Crippen LogP contribution in [0.4, 0.5) is 0 Å². The molecule has 328 valence electrons. The molecule has 0 radical (unpaired) electrons. The SMILES string of the molecule is CC/C=C\C/C=C\C/C=C\CCCCCCCC(=O)OCC(COC(=O)CCCCCCCCCCCC)OC(=O)CCCCCCC/C=C\C/C=C\CCCC. The first kappa shape index (κ1) is 54.1. The molecule has 6 heteroatoms. The van der Waals surface area contributed by atoms with E-state index < -0.39 is 6.10 Å². The third-order valence-corrected chi connectivity index (χ3v) is 10.0. The van der Waals surface area contributed by atoms with Crippen LogP contribution in [0.3, 0.4) is 0 Å². The quantitative estimate of drug-likeness (QED) is 0.0265. The predicted octanol–water partition coefficient (Wildman–Crippen LogP) is 15.3. The van der Waals surface area contributed by atoms with Crippen molar-refractivity contribution in [2.75, 3.05) is 13.2 Å². The van der Waals surface area contributed by atoms with Crippen molar-refractivity contribution in [1.82, 2.24) is 0 Å². The third-order valence-electron chi connectivity index (χ3n) is 10.0. The molecule has 6 nitrogen and oxygen atoms in total. The Balaban J connectivity index is 4.42. The molecule has 0 rings (SSSR count). The average Bonchev–Trinajstić information content (AvgIpc) is 3.21. The summed E-state index contributed by atoms with van der Waals surface area (Å²) in [4.78, 5) is 37.8. The molecule has 0 fully saturated rings. The molecule has 0 saturated carbocycles. The van der Waals surface area contributed by atoms with E-state index in [0.29, 0.717) is 19.3 Å². The van der Waals surface area contributed by atoms with E-state index in [-0.39, 0.29) is 31.1 Å². The van der Waals surface area contributed by atoms with Gasteiger partial charge in [0.25, 0.3) is 0 Å².